The molecule has 1 aliphatic carbocycles. The number of benzene rings is 1. The zero-order valence-corrected chi connectivity index (χ0v) is 17.0. The minimum atomic E-state index is -0.514. The second-order valence-corrected chi connectivity index (χ2v) is 8.87. The van der Waals surface area contributed by atoms with Gasteiger partial charge in [-0.3, -0.25) is 4.79 Å². The van der Waals surface area contributed by atoms with Crippen LogP contribution in [-0.4, -0.2) is 29.7 Å². The number of ether oxygens (including phenoxy) is 2. The Balaban J connectivity index is 2.09. The monoisotopic (exact) mass is 361 g/mol. The molecule has 144 valence electrons. The van der Waals surface area contributed by atoms with Gasteiger partial charge in [-0.05, 0) is 84.1 Å². The Morgan fingerprint density at radius 1 is 1.08 bits per heavy atom. The van der Waals surface area contributed by atoms with Gasteiger partial charge >= 0.3 is 11.9 Å². The van der Waals surface area contributed by atoms with Gasteiger partial charge < -0.3 is 14.8 Å². The molecule has 0 saturated carbocycles. The summed E-state index contributed by atoms with van der Waals surface area (Å²) in [6.45, 7) is 13.3. The number of fused-ring (bicyclic) bond motifs is 1. The molecular weight excluding hydrogens is 330 g/mol. The van der Waals surface area contributed by atoms with Gasteiger partial charge in [-0.2, -0.15) is 0 Å². The fourth-order valence-electron chi connectivity index (χ4n) is 3.23. The molecule has 5 heteroatoms. The number of nitrogens with one attached hydrogen (secondary N) is 1. The average molecular weight is 361 g/mol. The molecule has 0 heterocycles. The minimum Gasteiger partial charge on any atom is -0.459 e. The molecule has 0 spiro atoms. The Morgan fingerprint density at radius 3 is 2.27 bits per heavy atom. The summed E-state index contributed by atoms with van der Waals surface area (Å²) in [4.78, 5) is 24.3. The minimum absolute atomic E-state index is 0.101. The SMILES string of the molecule is Cc1c(C(=O)OC(C)(C)C)ccc2c1CC[C@@H]2NCC(=O)OC(C)(C)C. The van der Waals surface area contributed by atoms with Crippen molar-refractivity contribution < 1.29 is 19.1 Å². The van der Waals surface area contributed by atoms with Crippen LogP contribution in [-0.2, 0) is 20.7 Å². The fourth-order valence-corrected chi connectivity index (χ4v) is 3.23. The van der Waals surface area contributed by atoms with Crippen LogP contribution in [0, 0.1) is 6.92 Å². The predicted octanol–water partition coefficient (Wildman–Crippen LogP) is 3.87. The number of rotatable bonds is 4. The normalized spacial score (nSPS) is 17.0. The highest BCUT2D eigenvalue weighted by Crippen LogP contribution is 2.35. The Hall–Kier alpha value is -1.88. The van der Waals surface area contributed by atoms with Crippen molar-refractivity contribution >= 4 is 11.9 Å². The van der Waals surface area contributed by atoms with Crippen molar-refractivity contribution in [2.24, 2.45) is 0 Å². The van der Waals surface area contributed by atoms with Gasteiger partial charge in [0.15, 0.2) is 0 Å². The van der Waals surface area contributed by atoms with E-state index in [-0.39, 0.29) is 24.5 Å². The summed E-state index contributed by atoms with van der Waals surface area (Å²) >= 11 is 0. The van der Waals surface area contributed by atoms with Gasteiger partial charge in [0.05, 0.1) is 12.1 Å². The van der Waals surface area contributed by atoms with Gasteiger partial charge in [0.25, 0.3) is 0 Å². The lowest BCUT2D eigenvalue weighted by molar-refractivity contribution is -0.153. The summed E-state index contributed by atoms with van der Waals surface area (Å²) < 4.78 is 10.8. The quantitative estimate of drug-likeness (QED) is 0.825. The first-order valence-corrected chi connectivity index (χ1v) is 9.18. The summed E-state index contributed by atoms with van der Waals surface area (Å²) in [6.07, 6.45) is 1.78. The number of carbonyl (C=O) groups excluding carboxylic acids is 2. The van der Waals surface area contributed by atoms with Crippen molar-refractivity contribution in [2.45, 2.75) is 78.6 Å². The van der Waals surface area contributed by atoms with Crippen LogP contribution in [0.2, 0.25) is 0 Å². The van der Waals surface area contributed by atoms with Gasteiger partial charge in [-0.15, -0.1) is 0 Å². The van der Waals surface area contributed by atoms with E-state index in [9.17, 15) is 9.59 Å². The average Bonchev–Trinajstić information content (AvgIpc) is 2.85. The second-order valence-electron chi connectivity index (χ2n) is 8.87. The molecule has 0 aromatic heterocycles. The van der Waals surface area contributed by atoms with Crippen molar-refractivity contribution in [3.63, 3.8) is 0 Å². The van der Waals surface area contributed by atoms with Gasteiger partial charge in [0.1, 0.15) is 11.2 Å². The molecule has 0 fully saturated rings. The van der Waals surface area contributed by atoms with E-state index in [1.807, 2.05) is 60.6 Å². The molecule has 26 heavy (non-hydrogen) atoms. The van der Waals surface area contributed by atoms with Crippen molar-refractivity contribution in [1.29, 1.82) is 0 Å². The number of hydrogen-bond acceptors (Lipinski definition) is 5. The third kappa shape index (κ3) is 5.31. The third-order valence-electron chi connectivity index (χ3n) is 4.22. The van der Waals surface area contributed by atoms with Gasteiger partial charge in [-0.25, -0.2) is 4.79 Å². The molecule has 0 aliphatic heterocycles. The molecule has 0 bridgehead atoms. The summed E-state index contributed by atoms with van der Waals surface area (Å²) in [5.74, 6) is -0.545. The Bertz CT molecular complexity index is 695. The van der Waals surface area contributed by atoms with Crippen molar-refractivity contribution in [3.05, 3.63) is 34.4 Å². The number of carbonyl (C=O) groups is 2. The van der Waals surface area contributed by atoms with Crippen LogP contribution in [0.5, 0.6) is 0 Å². The third-order valence-corrected chi connectivity index (χ3v) is 4.22. The lowest BCUT2D eigenvalue weighted by atomic mass is 9.97. The van der Waals surface area contributed by atoms with E-state index < -0.39 is 11.2 Å². The summed E-state index contributed by atoms with van der Waals surface area (Å²) in [5, 5.41) is 3.28. The molecule has 1 aromatic rings. The van der Waals surface area contributed by atoms with E-state index in [0.717, 1.165) is 24.0 Å². The molecule has 0 radical (unpaired) electrons. The highest BCUT2D eigenvalue weighted by atomic mass is 16.6. The highest BCUT2D eigenvalue weighted by Gasteiger charge is 2.28. The molecular formula is C21H31NO4. The molecule has 2 rings (SSSR count). The summed E-state index contributed by atoms with van der Waals surface area (Å²) in [6, 6.07) is 3.90. The first kappa shape index (κ1) is 20.4. The topological polar surface area (TPSA) is 64.6 Å². The van der Waals surface area contributed by atoms with Gasteiger partial charge in [0, 0.05) is 6.04 Å². The molecule has 1 aromatic carbocycles. The first-order chi connectivity index (χ1) is 11.9. The molecule has 0 amide bonds. The molecule has 1 N–H and O–H groups in total. The van der Waals surface area contributed by atoms with Crippen LogP contribution in [0.25, 0.3) is 0 Å². The Kier molecular flexibility index (Phi) is 5.81. The zero-order chi connectivity index (χ0) is 19.7. The van der Waals surface area contributed by atoms with Crippen LogP contribution in [0.1, 0.15) is 81.1 Å². The van der Waals surface area contributed by atoms with Crippen LogP contribution in [0.4, 0.5) is 0 Å². The standard InChI is InChI=1S/C21H31NO4/c1-13-14-10-11-17(22-12-18(23)25-20(2,3)4)16(14)9-8-15(13)19(24)26-21(5,6)7/h8-9,17,22H,10-12H2,1-7H3/t17-/m0/s1. The highest BCUT2D eigenvalue weighted by molar-refractivity contribution is 5.92. The fraction of sp³-hybridized carbons (Fsp3) is 0.619. The van der Waals surface area contributed by atoms with Crippen molar-refractivity contribution in [2.75, 3.05) is 6.54 Å². The summed E-state index contributed by atoms with van der Waals surface area (Å²) in [5.41, 5.74) is 2.92. The van der Waals surface area contributed by atoms with E-state index in [0.29, 0.717) is 5.56 Å². The van der Waals surface area contributed by atoms with Crippen molar-refractivity contribution in [3.8, 4) is 0 Å². The van der Waals surface area contributed by atoms with Crippen LogP contribution >= 0.6 is 0 Å². The molecule has 0 saturated heterocycles. The van der Waals surface area contributed by atoms with E-state index in [4.69, 9.17) is 9.47 Å². The van der Waals surface area contributed by atoms with E-state index in [1.165, 1.54) is 5.56 Å². The van der Waals surface area contributed by atoms with Gasteiger partial charge in [0.2, 0.25) is 0 Å². The van der Waals surface area contributed by atoms with E-state index in [1.54, 1.807) is 0 Å². The number of hydrogen-bond donors (Lipinski definition) is 1. The Labute approximate surface area is 156 Å². The van der Waals surface area contributed by atoms with Gasteiger partial charge in [-0.1, -0.05) is 6.07 Å². The molecule has 1 atom stereocenters. The lowest BCUT2D eigenvalue weighted by Crippen LogP contribution is -2.33. The van der Waals surface area contributed by atoms with E-state index >= 15 is 0 Å². The van der Waals surface area contributed by atoms with Crippen molar-refractivity contribution in [1.82, 2.24) is 5.32 Å². The van der Waals surface area contributed by atoms with Crippen LogP contribution in [0.15, 0.2) is 12.1 Å². The zero-order valence-electron chi connectivity index (χ0n) is 17.0. The van der Waals surface area contributed by atoms with Crippen LogP contribution in [0.3, 0.4) is 0 Å². The van der Waals surface area contributed by atoms with Crippen LogP contribution < -0.4 is 5.32 Å². The molecule has 0 unspecified atom stereocenters. The lowest BCUT2D eigenvalue weighted by Gasteiger charge is -2.22. The smallest absolute Gasteiger partial charge is 0.338 e. The maximum Gasteiger partial charge on any atom is 0.338 e. The predicted molar refractivity (Wildman–Crippen MR) is 101 cm³/mol. The van der Waals surface area contributed by atoms with E-state index in [2.05, 4.69) is 5.32 Å². The largest absolute Gasteiger partial charge is 0.459 e. The second kappa shape index (κ2) is 7.39. The maximum atomic E-state index is 12.4. The maximum absolute atomic E-state index is 12.4. The summed E-state index contributed by atoms with van der Waals surface area (Å²) in [7, 11) is 0. The number of esters is 2. The molecule has 5 nitrogen and oxygen atoms in total. The first-order valence-electron chi connectivity index (χ1n) is 9.18. The molecule has 1 aliphatic rings. The Morgan fingerprint density at radius 2 is 1.69 bits per heavy atom.